The number of carbonyl (C=O) groups excluding carboxylic acids is 2. The van der Waals surface area contributed by atoms with Gasteiger partial charge in [-0.25, -0.2) is 9.59 Å². The van der Waals surface area contributed by atoms with Crippen molar-refractivity contribution in [2.75, 3.05) is 13.7 Å². The third-order valence-corrected chi connectivity index (χ3v) is 4.31. The Balaban J connectivity index is 2.36. The number of aliphatic hydroxyl groups is 1. The van der Waals surface area contributed by atoms with Gasteiger partial charge in [-0.2, -0.15) is 5.10 Å². The molecule has 0 aliphatic heterocycles. The van der Waals surface area contributed by atoms with Gasteiger partial charge in [0.25, 0.3) is 0 Å². The van der Waals surface area contributed by atoms with Gasteiger partial charge in [0.15, 0.2) is 0 Å². The van der Waals surface area contributed by atoms with Gasteiger partial charge >= 0.3 is 11.9 Å². The van der Waals surface area contributed by atoms with Gasteiger partial charge in [-0.3, -0.25) is 4.68 Å². The topological polar surface area (TPSA) is 90.6 Å². The van der Waals surface area contributed by atoms with Crippen molar-refractivity contribution >= 4 is 11.9 Å². The van der Waals surface area contributed by atoms with E-state index in [4.69, 9.17) is 4.74 Å². The van der Waals surface area contributed by atoms with Crippen LogP contribution in [-0.2, 0) is 21.3 Å². The monoisotopic (exact) mass is 386 g/mol. The Morgan fingerprint density at radius 1 is 1.36 bits per heavy atom. The molecule has 0 bridgehead atoms. The molecule has 0 fully saturated rings. The van der Waals surface area contributed by atoms with Gasteiger partial charge < -0.3 is 14.6 Å². The second-order valence-electron chi connectivity index (χ2n) is 6.51. The lowest BCUT2D eigenvalue weighted by atomic mass is 9.93. The van der Waals surface area contributed by atoms with Crippen LogP contribution in [0.25, 0.3) is 11.1 Å². The van der Waals surface area contributed by atoms with Crippen LogP contribution in [0.2, 0.25) is 0 Å². The minimum Gasteiger partial charge on any atom is -0.466 e. The number of methoxy groups -OCH3 is 1. The summed E-state index contributed by atoms with van der Waals surface area (Å²) < 4.78 is 11.6. The van der Waals surface area contributed by atoms with E-state index < -0.39 is 18.0 Å². The quantitative estimate of drug-likeness (QED) is 0.404. The molecule has 0 aliphatic carbocycles. The van der Waals surface area contributed by atoms with Crippen molar-refractivity contribution in [3.05, 3.63) is 53.9 Å². The molecule has 2 aromatic rings. The zero-order chi connectivity index (χ0) is 20.7. The van der Waals surface area contributed by atoms with E-state index in [1.165, 1.54) is 7.11 Å². The number of esters is 2. The van der Waals surface area contributed by atoms with E-state index in [0.717, 1.165) is 18.4 Å². The number of hydrogen-bond donors (Lipinski definition) is 1. The van der Waals surface area contributed by atoms with E-state index in [9.17, 15) is 14.7 Å². The summed E-state index contributed by atoms with van der Waals surface area (Å²) in [5, 5.41) is 14.9. The summed E-state index contributed by atoms with van der Waals surface area (Å²) in [5.41, 5.74) is 2.46. The van der Waals surface area contributed by atoms with Gasteiger partial charge in [-0.15, -0.1) is 0 Å². The molecule has 1 unspecified atom stereocenters. The largest absolute Gasteiger partial charge is 0.466 e. The number of unbranched alkanes of at least 4 members (excludes halogenated alkanes) is 1. The predicted molar refractivity (Wildman–Crippen MR) is 105 cm³/mol. The molecule has 1 N–H and O–H groups in total. The van der Waals surface area contributed by atoms with Crippen LogP contribution >= 0.6 is 0 Å². The molecule has 0 amide bonds. The van der Waals surface area contributed by atoms with Crippen LogP contribution in [0, 0.1) is 0 Å². The predicted octanol–water partition coefficient (Wildman–Crippen LogP) is 3.20. The van der Waals surface area contributed by atoms with Crippen molar-refractivity contribution in [3.8, 4) is 11.1 Å². The maximum absolute atomic E-state index is 12.3. The number of aromatic nitrogens is 2. The Bertz CT molecular complexity index is 856. The average Bonchev–Trinajstić information content (AvgIpc) is 3.12. The molecule has 7 heteroatoms. The molecule has 0 saturated carbocycles. The average molecular weight is 386 g/mol. The van der Waals surface area contributed by atoms with Gasteiger partial charge in [0, 0.05) is 30.8 Å². The summed E-state index contributed by atoms with van der Waals surface area (Å²) in [6.45, 7) is 6.02. The fourth-order valence-electron chi connectivity index (χ4n) is 2.75. The number of carbonyl (C=O) groups is 2. The third-order valence-electron chi connectivity index (χ3n) is 4.31. The lowest BCUT2D eigenvalue weighted by molar-refractivity contribution is -0.136. The Kier molecular flexibility index (Phi) is 7.52. The van der Waals surface area contributed by atoms with Crippen LogP contribution in [0.3, 0.4) is 0 Å². The van der Waals surface area contributed by atoms with Crippen LogP contribution in [-0.4, -0.2) is 40.5 Å². The van der Waals surface area contributed by atoms with Crippen molar-refractivity contribution in [3.63, 3.8) is 0 Å². The SMILES string of the molecule is C=C(CC(O)c1cc(C(=O)OCCCC)ccc1-c1cnn(C)c1)C(=O)OC. The summed E-state index contributed by atoms with van der Waals surface area (Å²) in [5.74, 6) is -1.04. The highest BCUT2D eigenvalue weighted by Gasteiger charge is 2.21. The molecule has 1 aromatic carbocycles. The molecular weight excluding hydrogens is 360 g/mol. The van der Waals surface area contributed by atoms with E-state index in [0.29, 0.717) is 23.3 Å². The first-order valence-electron chi connectivity index (χ1n) is 9.11. The lowest BCUT2D eigenvalue weighted by Crippen LogP contribution is -2.11. The summed E-state index contributed by atoms with van der Waals surface area (Å²) in [4.78, 5) is 23.9. The minimum atomic E-state index is -1.05. The Hall–Kier alpha value is -2.93. The van der Waals surface area contributed by atoms with Crippen molar-refractivity contribution in [1.29, 1.82) is 0 Å². The van der Waals surface area contributed by atoms with E-state index in [-0.39, 0.29) is 12.0 Å². The van der Waals surface area contributed by atoms with Gasteiger partial charge in [-0.05, 0) is 29.7 Å². The molecule has 1 heterocycles. The van der Waals surface area contributed by atoms with Crippen LogP contribution in [0.5, 0.6) is 0 Å². The van der Waals surface area contributed by atoms with Crippen LogP contribution < -0.4 is 0 Å². The molecule has 2 rings (SSSR count). The van der Waals surface area contributed by atoms with E-state index in [2.05, 4.69) is 16.4 Å². The maximum Gasteiger partial charge on any atom is 0.338 e. The first kappa shape index (κ1) is 21.4. The second kappa shape index (κ2) is 9.85. The van der Waals surface area contributed by atoms with Crippen molar-refractivity contribution < 1.29 is 24.2 Å². The summed E-state index contributed by atoms with van der Waals surface area (Å²) in [7, 11) is 3.05. The fraction of sp³-hybridized carbons (Fsp3) is 0.381. The molecule has 0 radical (unpaired) electrons. The lowest BCUT2D eigenvalue weighted by Gasteiger charge is -2.17. The second-order valence-corrected chi connectivity index (χ2v) is 6.51. The van der Waals surface area contributed by atoms with Gasteiger partial charge in [0.05, 0.1) is 31.6 Å². The van der Waals surface area contributed by atoms with E-state index in [1.807, 2.05) is 6.92 Å². The molecule has 28 heavy (non-hydrogen) atoms. The normalized spacial score (nSPS) is 11.7. The fourth-order valence-corrected chi connectivity index (χ4v) is 2.75. The molecule has 150 valence electrons. The smallest absolute Gasteiger partial charge is 0.338 e. The highest BCUT2D eigenvalue weighted by molar-refractivity contribution is 5.91. The molecular formula is C21H26N2O5. The molecule has 7 nitrogen and oxygen atoms in total. The zero-order valence-corrected chi connectivity index (χ0v) is 16.5. The third kappa shape index (κ3) is 5.29. The molecule has 0 saturated heterocycles. The number of rotatable bonds is 9. The number of nitrogens with zero attached hydrogens (tertiary/aromatic N) is 2. The number of benzene rings is 1. The maximum atomic E-state index is 12.3. The van der Waals surface area contributed by atoms with Gasteiger partial charge in [0.2, 0.25) is 0 Å². The van der Waals surface area contributed by atoms with Gasteiger partial charge in [0.1, 0.15) is 0 Å². The number of aliphatic hydroxyl groups excluding tert-OH is 1. The number of hydrogen-bond acceptors (Lipinski definition) is 6. The van der Waals surface area contributed by atoms with E-state index >= 15 is 0 Å². The Morgan fingerprint density at radius 3 is 2.71 bits per heavy atom. The zero-order valence-electron chi connectivity index (χ0n) is 16.5. The van der Waals surface area contributed by atoms with Crippen LogP contribution in [0.15, 0.2) is 42.7 Å². The van der Waals surface area contributed by atoms with Gasteiger partial charge in [-0.1, -0.05) is 26.0 Å². The summed E-state index contributed by atoms with van der Waals surface area (Å²) >= 11 is 0. The summed E-state index contributed by atoms with van der Waals surface area (Å²) in [6, 6.07) is 4.99. The molecule has 1 atom stereocenters. The van der Waals surface area contributed by atoms with Crippen molar-refractivity contribution in [2.24, 2.45) is 7.05 Å². The molecule has 1 aromatic heterocycles. The highest BCUT2D eigenvalue weighted by atomic mass is 16.5. The van der Waals surface area contributed by atoms with Crippen molar-refractivity contribution in [1.82, 2.24) is 9.78 Å². The molecule has 0 aliphatic rings. The van der Waals surface area contributed by atoms with Crippen LogP contribution in [0.1, 0.15) is 48.2 Å². The Morgan fingerprint density at radius 2 is 2.11 bits per heavy atom. The van der Waals surface area contributed by atoms with E-state index in [1.54, 1.807) is 42.3 Å². The first-order valence-corrected chi connectivity index (χ1v) is 9.11. The van der Waals surface area contributed by atoms with Crippen LogP contribution in [0.4, 0.5) is 0 Å². The van der Waals surface area contributed by atoms with Crippen molar-refractivity contribution in [2.45, 2.75) is 32.3 Å². The number of ether oxygens (including phenoxy) is 2. The number of aryl methyl sites for hydroxylation is 1. The standard InChI is InChI=1S/C21H26N2O5/c1-5-6-9-28-21(26)15-7-8-17(16-12-22-23(3)13-16)18(11-15)19(24)10-14(2)20(25)27-4/h7-8,11-13,19,24H,2,5-6,9-10H2,1,3-4H3. The highest BCUT2D eigenvalue weighted by Crippen LogP contribution is 2.32. The summed E-state index contributed by atoms with van der Waals surface area (Å²) in [6.07, 6.45) is 4.11. The first-order chi connectivity index (χ1) is 13.4. The molecule has 0 spiro atoms. The minimum absolute atomic E-state index is 0.0196. The Labute approximate surface area is 164 Å².